The Bertz CT molecular complexity index is 3250. The fourth-order valence-electron chi connectivity index (χ4n) is 10.7. The molecule has 1 saturated heterocycles. The number of fused-ring (bicyclic) bond motifs is 3. The number of anilines is 1. The van der Waals surface area contributed by atoms with E-state index in [0.29, 0.717) is 112 Å². The third kappa shape index (κ3) is 21.8. The first kappa shape index (κ1) is 76.0. The molecule has 28 heteroatoms. The van der Waals surface area contributed by atoms with Crippen molar-refractivity contribution in [3.05, 3.63) is 95.3 Å². The fourth-order valence-corrected chi connectivity index (χ4v) is 12.1. The molecular weight excluding hydrogens is 1210 g/mol. The predicted octanol–water partition coefficient (Wildman–Crippen LogP) is 0.223. The first-order valence-electron chi connectivity index (χ1n) is 28.2. The van der Waals surface area contributed by atoms with E-state index < -0.39 is 80.9 Å². The number of benzene rings is 2. The van der Waals surface area contributed by atoms with Crippen molar-refractivity contribution in [3.8, 4) is 5.75 Å². The quantitative estimate of drug-likeness (QED) is 0.0223. The van der Waals surface area contributed by atoms with Gasteiger partial charge in [-0.3, -0.25) is 9.59 Å². The second-order valence-electron chi connectivity index (χ2n) is 22.2. The van der Waals surface area contributed by atoms with E-state index in [1.807, 2.05) is 52.0 Å². The maximum Gasteiger partial charge on any atom is 1.00 e. The van der Waals surface area contributed by atoms with Crippen molar-refractivity contribution in [2.45, 2.75) is 108 Å². The van der Waals surface area contributed by atoms with Gasteiger partial charge in [-0.05, 0) is 81.4 Å². The summed E-state index contributed by atoms with van der Waals surface area (Å²) in [5, 5.41) is 0.446. The van der Waals surface area contributed by atoms with Crippen LogP contribution in [0, 0.1) is 5.41 Å². The van der Waals surface area contributed by atoms with Gasteiger partial charge in [0.25, 0.3) is 11.8 Å². The van der Waals surface area contributed by atoms with Gasteiger partial charge in [-0.15, -0.1) is 5.06 Å². The molecule has 1 unspecified atom stereocenters. The summed E-state index contributed by atoms with van der Waals surface area (Å²) in [7, 11) is -11.0. The van der Waals surface area contributed by atoms with E-state index in [9.17, 15) is 53.3 Å². The molecule has 470 valence electrons. The number of rotatable bonds is 35. The zero-order chi connectivity index (χ0) is 62.2. The topological polar surface area (TPSA) is 306 Å². The van der Waals surface area contributed by atoms with Crippen LogP contribution in [0.25, 0.3) is 11.1 Å². The maximum absolute atomic E-state index is 13.0. The number of carbonyl (C=O) groups is 3. The van der Waals surface area contributed by atoms with Crippen molar-refractivity contribution in [2.24, 2.45) is 5.41 Å². The van der Waals surface area contributed by atoms with E-state index in [2.05, 4.69) is 11.0 Å². The maximum atomic E-state index is 13.0. The van der Waals surface area contributed by atoms with Crippen LogP contribution in [0.4, 0.5) is 11.4 Å². The van der Waals surface area contributed by atoms with Crippen LogP contribution in [0.2, 0.25) is 0 Å². The second-order valence-corrected chi connectivity index (χ2v) is 26.7. The standard InChI is InChI=1S/C59H81N3O20S3.2Na/c1-43-42-59(22-26-77-32-34-79-30-28-75-6,23-27-78-33-35-80-31-29-76-7)61(25-13-37-84(69,70)71)50-41-51-47(40-46(43)50)44(38-53(81-51)57(2,3)4)14-9-8-10-15-52-58(5,21-11-16-56(65)82-62-54(63)19-20-55(62)64)48-39-45(85(72,73)74)17-18-49(48)60(52)24-12-36-83(66,67)68;;/h8-10,14-15,17-18,38-42H,11-13,16,19-37H2,1-7H3,(H2-,66,67,68,69,70,71,72,73,74);;/q;2*+1/p-2. The number of ether oxygens (including phenoxy) is 7. The molecule has 1 atom stereocenters. The molecule has 0 aliphatic carbocycles. The van der Waals surface area contributed by atoms with Gasteiger partial charge in [-0.25, -0.2) is 30.0 Å². The van der Waals surface area contributed by atoms with Crippen LogP contribution in [-0.2, 0) is 83.4 Å². The van der Waals surface area contributed by atoms with Crippen molar-refractivity contribution >= 4 is 76.4 Å². The van der Waals surface area contributed by atoms with Crippen molar-refractivity contribution < 1.29 is 155 Å². The Balaban J connectivity index is 0.00000810. The van der Waals surface area contributed by atoms with Crippen LogP contribution < -0.4 is 68.8 Å². The summed E-state index contributed by atoms with van der Waals surface area (Å²) < 4.78 is 151. The minimum Gasteiger partial charge on any atom is -0.748 e. The minimum atomic E-state index is -4.96. The molecule has 0 spiro atoms. The van der Waals surface area contributed by atoms with Crippen LogP contribution in [-0.4, -0.2) is 182 Å². The molecule has 6 rings (SSSR count). The van der Waals surface area contributed by atoms with E-state index in [1.165, 1.54) is 12.1 Å². The SMILES string of the molecule is COCCOCCOCCC1(CCOCCOCCOC)C=C(C)c2cc3c(cc2N1CCCS(=O)(=O)[O-])OC(C(C)(C)C)=CC3=CC=CC=CC1=[N+](CCCS(=O)(=O)[O-])c2ccc(S(=O)(=O)[O-])cc2C1(C)CCCC(=O)ON1C(=O)CCC1=O.[Na+].[Na+]. The van der Waals surface area contributed by atoms with Gasteiger partial charge in [-0.2, -0.15) is 4.58 Å². The molecule has 4 aliphatic heterocycles. The molecule has 23 nitrogen and oxygen atoms in total. The Morgan fingerprint density at radius 1 is 0.736 bits per heavy atom. The van der Waals surface area contributed by atoms with Crippen molar-refractivity contribution in [1.29, 1.82) is 0 Å². The van der Waals surface area contributed by atoms with E-state index in [4.69, 9.17) is 38.0 Å². The van der Waals surface area contributed by atoms with Gasteiger partial charge in [0.1, 0.15) is 28.2 Å². The first-order valence-corrected chi connectivity index (χ1v) is 32.8. The average Bonchev–Trinajstić information content (AvgIpc) is 1.78. The summed E-state index contributed by atoms with van der Waals surface area (Å²) >= 11 is 0. The third-order valence-electron chi connectivity index (χ3n) is 14.9. The second kappa shape index (κ2) is 34.3. The number of amides is 2. The summed E-state index contributed by atoms with van der Waals surface area (Å²) in [6.45, 7) is 13.7. The fraction of sp³-hybridized carbons (Fsp3) is 0.559. The molecule has 2 amide bonds. The average molecular weight is 1290 g/mol. The number of imide groups is 1. The van der Waals surface area contributed by atoms with Gasteiger partial charge in [0.05, 0.1) is 88.9 Å². The number of carbonyl (C=O) groups excluding carboxylic acids is 3. The van der Waals surface area contributed by atoms with Gasteiger partial charge in [-0.1, -0.05) is 51.2 Å². The molecule has 0 radical (unpaired) electrons. The molecule has 2 aromatic carbocycles. The van der Waals surface area contributed by atoms with Gasteiger partial charge < -0.3 is 56.6 Å². The first-order chi connectivity index (χ1) is 40.1. The van der Waals surface area contributed by atoms with Gasteiger partial charge in [0.2, 0.25) is 5.69 Å². The third-order valence-corrected chi connectivity index (χ3v) is 17.3. The van der Waals surface area contributed by atoms with Gasteiger partial charge in [0.15, 0.2) is 5.71 Å². The van der Waals surface area contributed by atoms with Crippen LogP contribution >= 0.6 is 0 Å². The number of hydrogen-bond donors (Lipinski definition) is 0. The van der Waals surface area contributed by atoms with Crippen molar-refractivity contribution in [3.63, 3.8) is 0 Å². The molecular formula is C59H79N3Na2O20S3. The molecule has 1 fully saturated rings. The van der Waals surface area contributed by atoms with Crippen molar-refractivity contribution in [2.75, 3.05) is 110 Å². The summed E-state index contributed by atoms with van der Waals surface area (Å²) in [4.78, 5) is 44.0. The normalized spacial score (nSPS) is 18.2. The van der Waals surface area contributed by atoms with E-state index in [1.54, 1.807) is 50.0 Å². The van der Waals surface area contributed by atoms with Gasteiger partial charge >= 0.3 is 65.1 Å². The molecule has 0 aromatic heterocycles. The zero-order valence-corrected chi connectivity index (χ0v) is 57.9. The monoisotopic (exact) mass is 1290 g/mol. The molecule has 0 saturated carbocycles. The Hall–Kier alpha value is -3.49. The van der Waals surface area contributed by atoms with Crippen LogP contribution in [0.5, 0.6) is 5.75 Å². The van der Waals surface area contributed by atoms with Crippen LogP contribution in [0.3, 0.4) is 0 Å². The Morgan fingerprint density at radius 2 is 1.31 bits per heavy atom. The zero-order valence-electron chi connectivity index (χ0n) is 51.4. The predicted molar refractivity (Wildman–Crippen MR) is 312 cm³/mol. The Morgan fingerprint density at radius 3 is 1.87 bits per heavy atom. The van der Waals surface area contributed by atoms with E-state index >= 15 is 0 Å². The summed E-state index contributed by atoms with van der Waals surface area (Å²) in [6.07, 6.45) is 13.6. The Labute approximate surface area is 556 Å². The summed E-state index contributed by atoms with van der Waals surface area (Å²) in [6, 6.07) is 7.81. The molecule has 87 heavy (non-hydrogen) atoms. The Kier molecular flexibility index (Phi) is 29.9. The largest absolute Gasteiger partial charge is 1.00 e. The van der Waals surface area contributed by atoms with Crippen LogP contribution in [0.15, 0.2) is 83.5 Å². The molecule has 4 heterocycles. The van der Waals surface area contributed by atoms with E-state index in [0.717, 1.165) is 34.0 Å². The van der Waals surface area contributed by atoms with E-state index in [-0.39, 0.29) is 117 Å². The number of allylic oxidation sites excluding steroid dienone is 9. The molecule has 2 aromatic rings. The summed E-state index contributed by atoms with van der Waals surface area (Å²) in [5.74, 6) is -2.27. The van der Waals surface area contributed by atoms with Gasteiger partial charge in [0, 0.05) is 117 Å². The molecule has 4 aliphatic rings. The number of methoxy groups -OCH3 is 2. The summed E-state index contributed by atoms with van der Waals surface area (Å²) in [5.41, 5.74) is 2.96. The molecule has 0 N–H and O–H groups in total. The smallest absolute Gasteiger partial charge is 0.748 e. The number of hydroxylamine groups is 2. The number of nitrogens with zero attached hydrogens (tertiary/aromatic N) is 3. The van der Waals surface area contributed by atoms with Crippen LogP contribution in [0.1, 0.15) is 109 Å². The minimum absolute atomic E-state index is 0. The molecule has 0 bridgehead atoms. The van der Waals surface area contributed by atoms with Crippen molar-refractivity contribution in [1.82, 2.24) is 5.06 Å². The number of hydrogen-bond acceptors (Lipinski definition) is 21.